The molecular formula is C39H47N5O3. The molecule has 6 rings (SSSR count). The molecule has 47 heavy (non-hydrogen) atoms. The monoisotopic (exact) mass is 633 g/mol. The number of carboxylic acids is 1. The first-order chi connectivity index (χ1) is 22.7. The molecule has 0 saturated carbocycles. The molecule has 0 aliphatic carbocycles. The molecule has 1 aliphatic heterocycles. The summed E-state index contributed by atoms with van der Waals surface area (Å²) in [6.07, 6.45) is 2.85. The summed E-state index contributed by atoms with van der Waals surface area (Å²) in [5.41, 5.74) is 9.94. The lowest BCUT2D eigenvalue weighted by molar-refractivity contribution is 0.0364. The Hall–Kier alpha value is -4.27. The summed E-state index contributed by atoms with van der Waals surface area (Å²) in [5, 5.41) is 9.70. The fraction of sp³-hybridized carbons (Fsp3) is 0.410. The summed E-state index contributed by atoms with van der Waals surface area (Å²) in [6, 6.07) is 20.0. The normalized spacial score (nSPS) is 14.0. The fourth-order valence-electron chi connectivity index (χ4n) is 6.78. The van der Waals surface area contributed by atoms with Gasteiger partial charge in [0.25, 0.3) is 0 Å². The zero-order chi connectivity index (χ0) is 33.1. The van der Waals surface area contributed by atoms with Gasteiger partial charge in [-0.25, -0.2) is 14.8 Å². The van der Waals surface area contributed by atoms with Crippen LogP contribution in [0.3, 0.4) is 0 Å². The first kappa shape index (κ1) is 32.7. The average Bonchev–Trinajstić information content (AvgIpc) is 3.57. The average molecular weight is 634 g/mol. The van der Waals surface area contributed by atoms with E-state index in [1.165, 1.54) is 11.4 Å². The van der Waals surface area contributed by atoms with Crippen LogP contribution in [0.1, 0.15) is 65.9 Å². The number of aromatic nitrogens is 4. The summed E-state index contributed by atoms with van der Waals surface area (Å²) in [7, 11) is 0. The Kier molecular flexibility index (Phi) is 9.89. The number of rotatable bonds is 12. The van der Waals surface area contributed by atoms with Gasteiger partial charge in [0.15, 0.2) is 0 Å². The quantitative estimate of drug-likeness (QED) is 0.154. The lowest BCUT2D eigenvalue weighted by Gasteiger charge is -2.27. The molecular weight excluding hydrogens is 586 g/mol. The molecule has 0 bridgehead atoms. The van der Waals surface area contributed by atoms with Gasteiger partial charge in [-0.3, -0.25) is 4.90 Å². The van der Waals surface area contributed by atoms with E-state index in [4.69, 9.17) is 14.7 Å². The molecule has 1 N–H and O–H groups in total. The minimum atomic E-state index is -0.918. The van der Waals surface area contributed by atoms with Crippen molar-refractivity contribution >= 4 is 17.0 Å². The number of nitrogens with zero attached hydrogens (tertiary/aromatic N) is 5. The summed E-state index contributed by atoms with van der Waals surface area (Å²) >= 11 is 0. The molecule has 8 nitrogen and oxygen atoms in total. The molecule has 2 aromatic heterocycles. The second-order valence-electron chi connectivity index (χ2n) is 13.2. The van der Waals surface area contributed by atoms with Gasteiger partial charge in [-0.05, 0) is 73.1 Å². The van der Waals surface area contributed by atoms with E-state index >= 15 is 0 Å². The van der Waals surface area contributed by atoms with E-state index in [0.717, 1.165) is 109 Å². The van der Waals surface area contributed by atoms with Crippen LogP contribution in [-0.4, -0.2) is 67.9 Å². The Labute approximate surface area is 278 Å². The molecule has 0 atom stereocenters. The predicted molar refractivity (Wildman–Crippen MR) is 188 cm³/mol. The van der Waals surface area contributed by atoms with E-state index in [0.29, 0.717) is 18.0 Å². The number of benzene rings is 3. The van der Waals surface area contributed by atoms with Gasteiger partial charge in [-0.2, -0.15) is 0 Å². The molecule has 1 fully saturated rings. The lowest BCUT2D eigenvalue weighted by atomic mass is 9.98. The van der Waals surface area contributed by atoms with Crippen molar-refractivity contribution in [1.82, 2.24) is 24.0 Å². The number of morpholine rings is 1. The van der Waals surface area contributed by atoms with Crippen molar-refractivity contribution in [2.45, 2.75) is 67.0 Å². The predicted octanol–water partition coefficient (Wildman–Crippen LogP) is 7.41. The standard InChI is InChI=1S/C39H47N5O3/c1-6-9-36-41-37-27(4)23-31(38-40-34(22-26(2)3)28(5)43(38)17-16-42-18-20-47-21-19-42)24-35(37)44(36)25-29-12-14-30(15-13-29)32-10-7-8-11-33(32)39(45)46/h7-8,10-15,23-24,26H,6,9,16-22,25H2,1-5H3,(H,45,46). The van der Waals surface area contributed by atoms with Crippen molar-refractivity contribution in [2.24, 2.45) is 5.92 Å². The first-order valence-corrected chi connectivity index (χ1v) is 17.0. The van der Waals surface area contributed by atoms with Crippen LogP contribution in [0.15, 0.2) is 60.7 Å². The second kappa shape index (κ2) is 14.2. The van der Waals surface area contributed by atoms with Crippen LogP contribution in [0.25, 0.3) is 33.5 Å². The molecule has 1 aliphatic rings. The summed E-state index contributed by atoms with van der Waals surface area (Å²) in [5.74, 6) is 1.71. The largest absolute Gasteiger partial charge is 0.478 e. The van der Waals surface area contributed by atoms with E-state index in [-0.39, 0.29) is 0 Å². The summed E-state index contributed by atoms with van der Waals surface area (Å²) < 4.78 is 10.4. The number of imidazole rings is 2. The molecule has 5 aromatic rings. The van der Waals surface area contributed by atoms with E-state index < -0.39 is 5.97 Å². The van der Waals surface area contributed by atoms with Crippen LogP contribution < -0.4 is 0 Å². The van der Waals surface area contributed by atoms with Crippen LogP contribution in [0.2, 0.25) is 0 Å². The van der Waals surface area contributed by atoms with Gasteiger partial charge in [0.1, 0.15) is 11.6 Å². The van der Waals surface area contributed by atoms with Gasteiger partial charge in [0.05, 0.1) is 35.5 Å². The molecule has 0 unspecified atom stereocenters. The van der Waals surface area contributed by atoms with Crippen LogP contribution in [0.5, 0.6) is 0 Å². The topological polar surface area (TPSA) is 85.4 Å². The molecule has 3 aromatic carbocycles. The Morgan fingerprint density at radius 2 is 1.68 bits per heavy atom. The van der Waals surface area contributed by atoms with Crippen LogP contribution >= 0.6 is 0 Å². The number of carboxylic acid groups (broad SMARTS) is 1. The van der Waals surface area contributed by atoms with Gasteiger partial charge >= 0.3 is 5.97 Å². The Morgan fingerprint density at radius 3 is 2.38 bits per heavy atom. The SMILES string of the molecule is CCCc1nc2c(C)cc(-c3nc(CC(C)C)c(C)n3CCN3CCOCC3)cc2n1Cc1ccc(-c2ccccc2C(=O)O)cc1. The van der Waals surface area contributed by atoms with Crippen molar-refractivity contribution in [1.29, 1.82) is 0 Å². The number of hydrogen-bond acceptors (Lipinski definition) is 5. The third-order valence-corrected chi connectivity index (χ3v) is 9.28. The molecule has 8 heteroatoms. The van der Waals surface area contributed by atoms with E-state index in [2.05, 4.69) is 72.9 Å². The maximum atomic E-state index is 11.8. The third kappa shape index (κ3) is 7.04. The highest BCUT2D eigenvalue weighted by atomic mass is 16.5. The minimum Gasteiger partial charge on any atom is -0.478 e. The third-order valence-electron chi connectivity index (χ3n) is 9.28. The van der Waals surface area contributed by atoms with E-state index in [1.54, 1.807) is 12.1 Å². The molecule has 0 amide bonds. The van der Waals surface area contributed by atoms with Crippen molar-refractivity contribution in [3.8, 4) is 22.5 Å². The summed E-state index contributed by atoms with van der Waals surface area (Å²) in [6.45, 7) is 17.2. The van der Waals surface area contributed by atoms with Gasteiger partial charge < -0.3 is 19.0 Å². The minimum absolute atomic E-state index is 0.309. The number of carbonyl (C=O) groups is 1. The molecule has 3 heterocycles. The fourth-order valence-corrected chi connectivity index (χ4v) is 6.78. The smallest absolute Gasteiger partial charge is 0.336 e. The maximum absolute atomic E-state index is 11.8. The number of ether oxygens (including phenoxy) is 1. The van der Waals surface area contributed by atoms with Crippen LogP contribution in [-0.2, 0) is 30.7 Å². The number of aryl methyl sites for hydroxylation is 2. The highest BCUT2D eigenvalue weighted by Gasteiger charge is 2.21. The van der Waals surface area contributed by atoms with Gasteiger partial charge in [0.2, 0.25) is 0 Å². The Bertz CT molecular complexity index is 1860. The highest BCUT2D eigenvalue weighted by Crippen LogP contribution is 2.31. The molecule has 0 radical (unpaired) electrons. The maximum Gasteiger partial charge on any atom is 0.336 e. The Balaban J connectivity index is 1.38. The van der Waals surface area contributed by atoms with Crippen molar-refractivity contribution in [3.63, 3.8) is 0 Å². The first-order valence-electron chi connectivity index (χ1n) is 17.0. The lowest BCUT2D eigenvalue weighted by Crippen LogP contribution is -2.38. The van der Waals surface area contributed by atoms with Gasteiger partial charge in [-0.15, -0.1) is 0 Å². The van der Waals surface area contributed by atoms with E-state index in [9.17, 15) is 9.90 Å². The molecule has 0 spiro atoms. The molecule has 1 saturated heterocycles. The zero-order valence-corrected chi connectivity index (χ0v) is 28.4. The number of aromatic carboxylic acids is 1. The van der Waals surface area contributed by atoms with E-state index in [1.807, 2.05) is 24.3 Å². The number of fused-ring (bicyclic) bond motifs is 1. The summed E-state index contributed by atoms with van der Waals surface area (Å²) in [4.78, 5) is 24.8. The van der Waals surface area contributed by atoms with Crippen LogP contribution in [0, 0.1) is 19.8 Å². The van der Waals surface area contributed by atoms with Gasteiger partial charge in [-0.1, -0.05) is 63.2 Å². The molecule has 246 valence electrons. The van der Waals surface area contributed by atoms with Crippen molar-refractivity contribution in [2.75, 3.05) is 32.8 Å². The van der Waals surface area contributed by atoms with Crippen molar-refractivity contribution < 1.29 is 14.6 Å². The highest BCUT2D eigenvalue weighted by molar-refractivity contribution is 5.96. The second-order valence-corrected chi connectivity index (χ2v) is 13.2. The zero-order valence-electron chi connectivity index (χ0n) is 28.4. The van der Waals surface area contributed by atoms with Gasteiger partial charge in [0, 0.05) is 50.4 Å². The van der Waals surface area contributed by atoms with Crippen molar-refractivity contribution in [3.05, 3.63) is 94.6 Å². The Morgan fingerprint density at radius 1 is 0.936 bits per heavy atom. The van der Waals surface area contributed by atoms with Crippen LogP contribution in [0.4, 0.5) is 0 Å². The number of hydrogen-bond donors (Lipinski definition) is 1.